The van der Waals surface area contributed by atoms with E-state index in [1.165, 1.54) is 24.5 Å². The zero-order valence-electron chi connectivity index (χ0n) is 26.8. The molecule has 0 fully saturated rings. The Labute approximate surface area is 249 Å². The average molecular weight is 561 g/mol. The first-order valence-electron chi connectivity index (χ1n) is 15.3. The summed E-state index contributed by atoms with van der Waals surface area (Å²) >= 11 is 0. The third kappa shape index (κ3) is 11.4. The lowest BCUT2D eigenvalue weighted by molar-refractivity contribution is -0.131. The number of rotatable bonds is 9. The number of esters is 1. The van der Waals surface area contributed by atoms with Crippen LogP contribution in [0.15, 0.2) is 72.8 Å². The average Bonchev–Trinajstić information content (AvgIpc) is 3.26. The molecule has 4 heteroatoms. The second-order valence-electron chi connectivity index (χ2n) is 11.2. The van der Waals surface area contributed by atoms with Crippen molar-refractivity contribution in [1.82, 2.24) is 0 Å². The van der Waals surface area contributed by atoms with Crippen LogP contribution in [0.3, 0.4) is 0 Å². The molecule has 0 saturated carbocycles. The summed E-state index contributed by atoms with van der Waals surface area (Å²) in [4.78, 5) is 10.7. The first-order chi connectivity index (χ1) is 19.6. The summed E-state index contributed by atoms with van der Waals surface area (Å²) in [6.07, 6.45) is 3.37. The Bertz CT molecular complexity index is 1150. The highest BCUT2D eigenvalue weighted by molar-refractivity contribution is 5.69. The zero-order chi connectivity index (χ0) is 30.4. The van der Waals surface area contributed by atoms with Crippen LogP contribution in [0, 0.1) is 5.92 Å². The standard InChI is InChI=1S/C14H22O2.C12H16O2.C11H14/c1-5-11(3)13-7-9-14(10-8-13)16-12(4)15-6-2;1-4-9(2)11-5-7-12(8-6-11)14-10(3)13;1-8-7-10-5-3-4-6-11(10)9(8)2/h7-12H,5-6H2,1-4H3;5-9H,4H2,1-3H3;3-6,8-9H,7H2,1-2H3. The van der Waals surface area contributed by atoms with Gasteiger partial charge in [0, 0.05) is 13.5 Å². The summed E-state index contributed by atoms with van der Waals surface area (Å²) in [5.41, 5.74) is 5.77. The molecule has 0 aliphatic heterocycles. The Balaban J connectivity index is 0.000000218. The van der Waals surface area contributed by atoms with Gasteiger partial charge in [-0.15, -0.1) is 0 Å². The van der Waals surface area contributed by atoms with E-state index in [1.807, 2.05) is 50.2 Å². The minimum Gasteiger partial charge on any atom is -0.465 e. The van der Waals surface area contributed by atoms with Crippen molar-refractivity contribution in [2.75, 3.05) is 6.61 Å². The fourth-order valence-corrected chi connectivity index (χ4v) is 4.83. The quantitative estimate of drug-likeness (QED) is 0.148. The number of ether oxygens (including phenoxy) is 3. The first kappa shape index (κ1) is 34.1. The van der Waals surface area contributed by atoms with Crippen LogP contribution in [-0.2, 0) is 16.0 Å². The van der Waals surface area contributed by atoms with Crippen LogP contribution >= 0.6 is 0 Å². The molecular weight excluding hydrogens is 508 g/mol. The molecule has 41 heavy (non-hydrogen) atoms. The molecule has 5 atom stereocenters. The Kier molecular flexibility index (Phi) is 14.7. The van der Waals surface area contributed by atoms with E-state index >= 15 is 0 Å². The van der Waals surface area contributed by atoms with Gasteiger partial charge >= 0.3 is 5.97 Å². The van der Waals surface area contributed by atoms with Crippen molar-refractivity contribution in [2.24, 2.45) is 5.92 Å². The van der Waals surface area contributed by atoms with Gasteiger partial charge in [0.1, 0.15) is 11.5 Å². The highest BCUT2D eigenvalue weighted by atomic mass is 16.7. The Morgan fingerprint density at radius 3 is 1.76 bits per heavy atom. The molecule has 3 aromatic carbocycles. The molecule has 0 N–H and O–H groups in total. The van der Waals surface area contributed by atoms with E-state index in [2.05, 4.69) is 77.9 Å². The molecule has 0 amide bonds. The Morgan fingerprint density at radius 1 is 0.780 bits per heavy atom. The van der Waals surface area contributed by atoms with Gasteiger partial charge in [-0.25, -0.2) is 0 Å². The smallest absolute Gasteiger partial charge is 0.308 e. The normalized spacial score (nSPS) is 17.5. The van der Waals surface area contributed by atoms with Crippen molar-refractivity contribution >= 4 is 5.97 Å². The lowest BCUT2D eigenvalue weighted by Crippen LogP contribution is -2.15. The van der Waals surface area contributed by atoms with Crippen molar-refractivity contribution in [3.05, 3.63) is 95.1 Å². The fourth-order valence-electron chi connectivity index (χ4n) is 4.83. The lowest BCUT2D eigenvalue weighted by Gasteiger charge is -2.15. The van der Waals surface area contributed by atoms with Crippen molar-refractivity contribution in [2.45, 2.75) is 106 Å². The molecule has 0 spiro atoms. The van der Waals surface area contributed by atoms with E-state index < -0.39 is 0 Å². The Morgan fingerprint density at radius 2 is 1.29 bits per heavy atom. The summed E-state index contributed by atoms with van der Waals surface area (Å²) in [6.45, 7) is 19.4. The number of carbonyl (C=O) groups is 1. The van der Waals surface area contributed by atoms with Crippen molar-refractivity contribution < 1.29 is 19.0 Å². The maximum absolute atomic E-state index is 10.7. The predicted octanol–water partition coefficient (Wildman–Crippen LogP) is 10.1. The van der Waals surface area contributed by atoms with Crippen LogP contribution < -0.4 is 9.47 Å². The Hall–Kier alpha value is -3.11. The van der Waals surface area contributed by atoms with E-state index in [1.54, 1.807) is 11.1 Å². The van der Waals surface area contributed by atoms with Gasteiger partial charge in [0.15, 0.2) is 6.29 Å². The summed E-state index contributed by atoms with van der Waals surface area (Å²) in [6, 6.07) is 24.8. The molecule has 3 aromatic rings. The van der Waals surface area contributed by atoms with Crippen LogP contribution in [0.4, 0.5) is 0 Å². The highest BCUT2D eigenvalue weighted by Crippen LogP contribution is 2.36. The third-order valence-electron chi connectivity index (χ3n) is 8.03. The summed E-state index contributed by atoms with van der Waals surface area (Å²) in [7, 11) is 0. The first-order valence-corrected chi connectivity index (χ1v) is 15.3. The highest BCUT2D eigenvalue weighted by Gasteiger charge is 2.24. The number of hydrogen-bond acceptors (Lipinski definition) is 4. The molecule has 0 bridgehead atoms. The maximum atomic E-state index is 10.7. The minimum atomic E-state index is -0.277. The van der Waals surface area contributed by atoms with Gasteiger partial charge in [0.2, 0.25) is 0 Å². The van der Waals surface area contributed by atoms with Crippen LogP contribution in [-0.4, -0.2) is 18.9 Å². The second kappa shape index (κ2) is 17.6. The number of hydrogen-bond donors (Lipinski definition) is 0. The van der Waals surface area contributed by atoms with Crippen LogP contribution in [0.5, 0.6) is 11.5 Å². The molecule has 0 saturated heterocycles. The molecule has 0 aromatic heterocycles. The molecule has 4 nitrogen and oxygen atoms in total. The molecule has 1 aliphatic carbocycles. The maximum Gasteiger partial charge on any atom is 0.308 e. The topological polar surface area (TPSA) is 44.8 Å². The third-order valence-corrected chi connectivity index (χ3v) is 8.03. The van der Waals surface area contributed by atoms with Gasteiger partial charge in [0.05, 0.1) is 0 Å². The fraction of sp³-hybridized carbons (Fsp3) is 0.486. The number of benzene rings is 3. The van der Waals surface area contributed by atoms with Crippen molar-refractivity contribution in [3.63, 3.8) is 0 Å². The van der Waals surface area contributed by atoms with Gasteiger partial charge < -0.3 is 14.2 Å². The molecule has 0 heterocycles. The molecule has 4 rings (SSSR count). The minimum absolute atomic E-state index is 0.181. The molecule has 0 radical (unpaired) electrons. The number of fused-ring (bicyclic) bond motifs is 1. The van der Waals surface area contributed by atoms with Gasteiger partial charge in [0.25, 0.3) is 0 Å². The lowest BCUT2D eigenvalue weighted by atomic mass is 9.97. The second-order valence-corrected chi connectivity index (χ2v) is 11.2. The van der Waals surface area contributed by atoms with Gasteiger partial charge in [-0.1, -0.05) is 90.1 Å². The zero-order valence-corrected chi connectivity index (χ0v) is 26.8. The molecular formula is C37H52O4. The molecule has 5 unspecified atom stereocenters. The molecule has 224 valence electrons. The molecule has 1 aliphatic rings. The van der Waals surface area contributed by atoms with E-state index in [0.717, 1.165) is 30.4 Å². The van der Waals surface area contributed by atoms with Crippen LogP contribution in [0.25, 0.3) is 0 Å². The van der Waals surface area contributed by atoms with E-state index in [-0.39, 0.29) is 12.3 Å². The van der Waals surface area contributed by atoms with Crippen LogP contribution in [0.2, 0.25) is 0 Å². The van der Waals surface area contributed by atoms with Crippen molar-refractivity contribution in [3.8, 4) is 11.5 Å². The van der Waals surface area contributed by atoms with Gasteiger partial charge in [-0.3, -0.25) is 4.79 Å². The van der Waals surface area contributed by atoms with E-state index in [4.69, 9.17) is 14.2 Å². The van der Waals surface area contributed by atoms with E-state index in [9.17, 15) is 4.79 Å². The van der Waals surface area contributed by atoms with Crippen LogP contribution in [0.1, 0.15) is 115 Å². The number of carbonyl (C=O) groups excluding carboxylic acids is 1. The van der Waals surface area contributed by atoms with Gasteiger partial charge in [-0.2, -0.15) is 0 Å². The SMILES string of the molecule is CC1Cc2ccccc2C1C.CCC(C)c1ccc(OC(C)=O)cc1.CCOC(C)Oc1ccc(C(C)CC)cc1. The summed E-state index contributed by atoms with van der Waals surface area (Å²) in [5, 5.41) is 0. The summed E-state index contributed by atoms with van der Waals surface area (Å²) in [5.74, 6) is 3.98. The summed E-state index contributed by atoms with van der Waals surface area (Å²) < 4.78 is 15.9. The van der Waals surface area contributed by atoms with Crippen molar-refractivity contribution in [1.29, 1.82) is 0 Å². The van der Waals surface area contributed by atoms with E-state index in [0.29, 0.717) is 24.2 Å². The monoisotopic (exact) mass is 560 g/mol. The van der Waals surface area contributed by atoms with Gasteiger partial charge in [-0.05, 0) is 103 Å². The largest absolute Gasteiger partial charge is 0.465 e. The predicted molar refractivity (Wildman–Crippen MR) is 171 cm³/mol.